The van der Waals surface area contributed by atoms with Gasteiger partial charge in [0.1, 0.15) is 5.75 Å². The van der Waals surface area contributed by atoms with Crippen LogP contribution in [0.2, 0.25) is 0 Å². The Morgan fingerprint density at radius 3 is 2.24 bits per heavy atom. The quantitative estimate of drug-likeness (QED) is 0.393. The monoisotopic (exact) mass is 400 g/mol. The zero-order valence-corrected chi connectivity index (χ0v) is 19.5. The zero-order valence-electron chi connectivity index (χ0n) is 19.5. The van der Waals surface area contributed by atoms with E-state index in [9.17, 15) is 0 Å². The molecule has 0 heterocycles. The molecule has 29 heavy (non-hydrogen) atoms. The van der Waals surface area contributed by atoms with Crippen LogP contribution in [0.4, 0.5) is 0 Å². The van der Waals surface area contributed by atoms with Gasteiger partial charge in [-0.1, -0.05) is 71.9 Å². The Kier molecular flexibility index (Phi) is 8.47. The van der Waals surface area contributed by atoms with Gasteiger partial charge < -0.3 is 9.47 Å². The number of hydrogen-bond acceptors (Lipinski definition) is 2. The predicted octanol–water partition coefficient (Wildman–Crippen LogP) is 7.82. The third-order valence-electron chi connectivity index (χ3n) is 7.40. The van der Waals surface area contributed by atoms with E-state index in [4.69, 9.17) is 9.47 Å². The maximum absolute atomic E-state index is 6.50. The van der Waals surface area contributed by atoms with Gasteiger partial charge in [-0.3, -0.25) is 0 Å². The highest BCUT2D eigenvalue weighted by atomic mass is 16.7. The van der Waals surface area contributed by atoms with Gasteiger partial charge in [0.25, 0.3) is 0 Å². The molecular formula is C27H44O2. The minimum Gasteiger partial charge on any atom is -0.465 e. The maximum Gasteiger partial charge on any atom is 0.202 e. The molecule has 164 valence electrons. The number of rotatable bonds is 9. The molecule has 2 aliphatic rings. The molecule has 3 rings (SSSR count). The Morgan fingerprint density at radius 1 is 0.897 bits per heavy atom. The molecule has 0 N–H and O–H groups in total. The Hall–Kier alpha value is -1.02. The van der Waals surface area contributed by atoms with Crippen molar-refractivity contribution in [2.45, 2.75) is 98.2 Å². The molecule has 2 fully saturated rings. The second-order valence-electron chi connectivity index (χ2n) is 10.3. The van der Waals surface area contributed by atoms with Crippen LogP contribution < -0.4 is 4.74 Å². The van der Waals surface area contributed by atoms with Crippen LogP contribution in [0.1, 0.15) is 97.5 Å². The van der Waals surface area contributed by atoms with Crippen molar-refractivity contribution in [3.05, 3.63) is 29.8 Å². The SMILES string of the molecule is CCOC(Oc1ccc(C(CC(C)C)C(C)C)cc1)C1CCCC2CCCCC21. The van der Waals surface area contributed by atoms with Crippen molar-refractivity contribution in [3.63, 3.8) is 0 Å². The summed E-state index contributed by atoms with van der Waals surface area (Å²) in [6.07, 6.45) is 10.8. The molecule has 0 aromatic heterocycles. The molecule has 2 aliphatic carbocycles. The minimum atomic E-state index is -0.0895. The van der Waals surface area contributed by atoms with E-state index in [0.29, 0.717) is 17.8 Å². The number of ether oxygens (including phenoxy) is 2. The van der Waals surface area contributed by atoms with Gasteiger partial charge in [0.2, 0.25) is 6.29 Å². The second kappa shape index (κ2) is 10.8. The van der Waals surface area contributed by atoms with Crippen molar-refractivity contribution >= 4 is 0 Å². The predicted molar refractivity (Wildman–Crippen MR) is 122 cm³/mol. The van der Waals surface area contributed by atoms with Crippen LogP contribution in [0, 0.1) is 29.6 Å². The van der Waals surface area contributed by atoms with Crippen molar-refractivity contribution in [2.75, 3.05) is 6.61 Å². The Labute approximate surface area is 179 Å². The molecule has 0 amide bonds. The Balaban J connectivity index is 1.70. The van der Waals surface area contributed by atoms with E-state index in [-0.39, 0.29) is 6.29 Å². The Bertz CT molecular complexity index is 589. The number of fused-ring (bicyclic) bond motifs is 1. The number of hydrogen-bond donors (Lipinski definition) is 0. The average molecular weight is 401 g/mol. The van der Waals surface area contributed by atoms with Crippen LogP contribution in [-0.4, -0.2) is 12.9 Å². The maximum atomic E-state index is 6.50. The molecule has 0 aliphatic heterocycles. The summed E-state index contributed by atoms with van der Waals surface area (Å²) in [6.45, 7) is 12.1. The lowest BCUT2D eigenvalue weighted by atomic mass is 9.65. The van der Waals surface area contributed by atoms with Crippen LogP contribution in [0.15, 0.2) is 24.3 Å². The van der Waals surface area contributed by atoms with E-state index >= 15 is 0 Å². The molecule has 5 unspecified atom stereocenters. The average Bonchev–Trinajstić information content (AvgIpc) is 2.71. The van der Waals surface area contributed by atoms with Gasteiger partial charge >= 0.3 is 0 Å². The Morgan fingerprint density at radius 2 is 1.59 bits per heavy atom. The summed E-state index contributed by atoms with van der Waals surface area (Å²) < 4.78 is 12.7. The van der Waals surface area contributed by atoms with E-state index in [1.165, 1.54) is 56.9 Å². The summed E-state index contributed by atoms with van der Waals surface area (Å²) in [5.41, 5.74) is 1.44. The fourth-order valence-corrected chi connectivity index (χ4v) is 5.96. The molecule has 0 saturated heterocycles. The molecular weight excluding hydrogens is 356 g/mol. The molecule has 0 radical (unpaired) electrons. The smallest absolute Gasteiger partial charge is 0.202 e. The van der Waals surface area contributed by atoms with Crippen LogP contribution in [0.25, 0.3) is 0 Å². The van der Waals surface area contributed by atoms with Gasteiger partial charge in [0.05, 0.1) is 0 Å². The second-order valence-corrected chi connectivity index (χ2v) is 10.3. The van der Waals surface area contributed by atoms with Gasteiger partial charge in [0.15, 0.2) is 0 Å². The first-order valence-electron chi connectivity index (χ1n) is 12.4. The van der Waals surface area contributed by atoms with E-state index in [1.807, 2.05) is 0 Å². The molecule has 0 spiro atoms. The lowest BCUT2D eigenvalue weighted by Crippen LogP contribution is -2.41. The highest BCUT2D eigenvalue weighted by molar-refractivity contribution is 5.30. The summed E-state index contributed by atoms with van der Waals surface area (Å²) in [4.78, 5) is 0. The van der Waals surface area contributed by atoms with E-state index < -0.39 is 0 Å². The summed E-state index contributed by atoms with van der Waals surface area (Å²) in [5.74, 6) is 5.22. The van der Waals surface area contributed by atoms with Gasteiger partial charge in [0, 0.05) is 12.5 Å². The van der Waals surface area contributed by atoms with Crippen molar-refractivity contribution in [1.29, 1.82) is 0 Å². The zero-order chi connectivity index (χ0) is 20.8. The molecule has 0 bridgehead atoms. The molecule has 2 saturated carbocycles. The highest BCUT2D eigenvalue weighted by Gasteiger charge is 2.40. The summed E-state index contributed by atoms with van der Waals surface area (Å²) >= 11 is 0. The lowest BCUT2D eigenvalue weighted by Gasteiger charge is -2.44. The van der Waals surface area contributed by atoms with Crippen LogP contribution in [0.5, 0.6) is 5.75 Å². The minimum absolute atomic E-state index is 0.0895. The van der Waals surface area contributed by atoms with Gasteiger partial charge in [-0.15, -0.1) is 0 Å². The van der Waals surface area contributed by atoms with Gasteiger partial charge in [-0.25, -0.2) is 0 Å². The molecule has 2 heteroatoms. The summed E-state index contributed by atoms with van der Waals surface area (Å²) in [5, 5.41) is 0. The third-order valence-corrected chi connectivity index (χ3v) is 7.40. The summed E-state index contributed by atoms with van der Waals surface area (Å²) in [6, 6.07) is 8.93. The molecule has 2 nitrogen and oxygen atoms in total. The van der Waals surface area contributed by atoms with Crippen molar-refractivity contribution in [1.82, 2.24) is 0 Å². The fraction of sp³-hybridized carbons (Fsp3) is 0.778. The topological polar surface area (TPSA) is 18.5 Å². The van der Waals surface area contributed by atoms with Gasteiger partial charge in [-0.2, -0.15) is 0 Å². The van der Waals surface area contributed by atoms with Crippen molar-refractivity contribution < 1.29 is 9.47 Å². The summed E-state index contributed by atoms with van der Waals surface area (Å²) in [7, 11) is 0. The van der Waals surface area contributed by atoms with Crippen molar-refractivity contribution in [2.24, 2.45) is 29.6 Å². The standard InChI is InChI=1S/C27H44O2/c1-6-28-27(25-13-9-11-21-10-7-8-12-24(21)25)29-23-16-14-22(15-17-23)26(20(4)5)18-19(2)3/h14-17,19-21,24-27H,6-13,18H2,1-5H3. The van der Waals surface area contributed by atoms with E-state index in [1.54, 1.807) is 0 Å². The first-order chi connectivity index (χ1) is 14.0. The van der Waals surface area contributed by atoms with Crippen LogP contribution >= 0.6 is 0 Å². The first kappa shape index (κ1) is 22.7. The molecule has 5 atom stereocenters. The number of benzene rings is 1. The van der Waals surface area contributed by atoms with Crippen molar-refractivity contribution in [3.8, 4) is 5.75 Å². The normalized spacial score (nSPS) is 26.9. The fourth-order valence-electron chi connectivity index (χ4n) is 5.96. The first-order valence-corrected chi connectivity index (χ1v) is 12.4. The highest BCUT2D eigenvalue weighted by Crippen LogP contribution is 2.46. The van der Waals surface area contributed by atoms with Crippen LogP contribution in [-0.2, 0) is 4.74 Å². The van der Waals surface area contributed by atoms with E-state index in [0.717, 1.165) is 30.1 Å². The lowest BCUT2D eigenvalue weighted by molar-refractivity contribution is -0.144. The van der Waals surface area contributed by atoms with Crippen LogP contribution in [0.3, 0.4) is 0 Å². The third kappa shape index (κ3) is 6.00. The molecule has 1 aromatic rings. The molecule has 1 aromatic carbocycles. The van der Waals surface area contributed by atoms with Gasteiger partial charge in [-0.05, 0) is 73.5 Å². The van der Waals surface area contributed by atoms with E-state index in [2.05, 4.69) is 58.9 Å². The largest absolute Gasteiger partial charge is 0.465 e.